The van der Waals surface area contributed by atoms with Crippen molar-refractivity contribution in [2.45, 2.75) is 6.54 Å². The Bertz CT molecular complexity index is 924. The number of carbonyl (C=O) groups is 2. The Kier molecular flexibility index (Phi) is 6.46. The molecule has 1 fully saturated rings. The minimum absolute atomic E-state index is 0.0218. The zero-order valence-electron chi connectivity index (χ0n) is 15.8. The van der Waals surface area contributed by atoms with Crippen molar-refractivity contribution in [1.29, 1.82) is 0 Å². The maximum atomic E-state index is 12.9. The highest BCUT2D eigenvalue weighted by atomic mass is 35.5. The van der Waals surface area contributed by atoms with Crippen LogP contribution >= 0.6 is 11.6 Å². The summed E-state index contributed by atoms with van der Waals surface area (Å²) in [6.07, 6.45) is 0. The van der Waals surface area contributed by atoms with Gasteiger partial charge >= 0.3 is 5.97 Å². The van der Waals surface area contributed by atoms with E-state index in [9.17, 15) is 19.7 Å². The Morgan fingerprint density at radius 3 is 2.28 bits per heavy atom. The average Bonchev–Trinajstić information content (AvgIpc) is 2.74. The molecule has 0 aromatic heterocycles. The van der Waals surface area contributed by atoms with Crippen molar-refractivity contribution in [3.05, 3.63) is 74.3 Å². The lowest BCUT2D eigenvalue weighted by Gasteiger charge is -2.34. The van der Waals surface area contributed by atoms with Gasteiger partial charge in [0.05, 0.1) is 17.6 Å². The Morgan fingerprint density at radius 1 is 1.07 bits per heavy atom. The summed E-state index contributed by atoms with van der Waals surface area (Å²) in [5, 5.41) is 11.9. The van der Waals surface area contributed by atoms with Crippen LogP contribution < -0.4 is 0 Å². The lowest BCUT2D eigenvalue weighted by atomic mass is 10.1. The Hall–Kier alpha value is -2.97. The smallest absolute Gasteiger partial charge is 0.338 e. The molecule has 2 aromatic rings. The van der Waals surface area contributed by atoms with E-state index in [1.807, 2.05) is 24.3 Å². The summed E-state index contributed by atoms with van der Waals surface area (Å²) in [6, 6.07) is 11.3. The van der Waals surface area contributed by atoms with Gasteiger partial charge in [0.2, 0.25) is 0 Å². The summed E-state index contributed by atoms with van der Waals surface area (Å²) in [5.74, 6) is -1.07. The highest BCUT2D eigenvalue weighted by Crippen LogP contribution is 2.20. The Balaban J connectivity index is 1.68. The lowest BCUT2D eigenvalue weighted by Crippen LogP contribution is -2.48. The van der Waals surface area contributed by atoms with E-state index in [2.05, 4.69) is 9.64 Å². The van der Waals surface area contributed by atoms with Gasteiger partial charge in [-0.1, -0.05) is 23.7 Å². The van der Waals surface area contributed by atoms with Crippen LogP contribution in [0.15, 0.2) is 42.5 Å². The fraction of sp³-hybridized carbons (Fsp3) is 0.300. The molecule has 0 N–H and O–H groups in total. The number of benzene rings is 2. The molecule has 0 radical (unpaired) electrons. The van der Waals surface area contributed by atoms with Crippen molar-refractivity contribution >= 4 is 29.2 Å². The molecule has 2 aromatic carbocycles. The maximum absolute atomic E-state index is 12.9. The molecule has 1 aliphatic heterocycles. The van der Waals surface area contributed by atoms with E-state index in [1.54, 1.807) is 4.90 Å². The van der Waals surface area contributed by atoms with Gasteiger partial charge in [0.15, 0.2) is 0 Å². The van der Waals surface area contributed by atoms with Crippen LogP contribution in [0.1, 0.15) is 26.3 Å². The molecular weight excluding hydrogens is 398 g/mol. The number of ether oxygens (including phenoxy) is 1. The number of non-ortho nitro benzene ring substituents is 1. The van der Waals surface area contributed by atoms with E-state index >= 15 is 0 Å². The van der Waals surface area contributed by atoms with Gasteiger partial charge < -0.3 is 9.64 Å². The monoisotopic (exact) mass is 417 g/mol. The number of esters is 1. The first-order chi connectivity index (χ1) is 13.9. The summed E-state index contributed by atoms with van der Waals surface area (Å²) >= 11 is 5.91. The number of halogens is 1. The van der Waals surface area contributed by atoms with E-state index in [4.69, 9.17) is 11.6 Å². The predicted molar refractivity (Wildman–Crippen MR) is 107 cm³/mol. The van der Waals surface area contributed by atoms with E-state index in [0.717, 1.165) is 18.2 Å². The molecular formula is C20H20ClN3O5. The van der Waals surface area contributed by atoms with E-state index in [-0.39, 0.29) is 22.7 Å². The fourth-order valence-electron chi connectivity index (χ4n) is 3.22. The molecule has 0 spiro atoms. The zero-order valence-corrected chi connectivity index (χ0v) is 16.6. The molecule has 0 atom stereocenters. The minimum Gasteiger partial charge on any atom is -0.465 e. The number of nitrogens with zero attached hydrogens (tertiary/aromatic N) is 3. The number of hydrogen-bond donors (Lipinski definition) is 0. The largest absolute Gasteiger partial charge is 0.465 e. The summed E-state index contributed by atoms with van der Waals surface area (Å²) in [6.45, 7) is 3.08. The van der Waals surface area contributed by atoms with Crippen LogP contribution in [0.25, 0.3) is 0 Å². The number of carbonyl (C=O) groups excluding carboxylic acids is 2. The quantitative estimate of drug-likeness (QED) is 0.422. The molecule has 0 aliphatic carbocycles. The van der Waals surface area contributed by atoms with Gasteiger partial charge in [-0.25, -0.2) is 4.79 Å². The average molecular weight is 418 g/mol. The summed E-state index contributed by atoms with van der Waals surface area (Å²) in [5.41, 5.74) is 0.894. The van der Waals surface area contributed by atoms with Gasteiger partial charge in [-0.15, -0.1) is 0 Å². The van der Waals surface area contributed by atoms with Crippen molar-refractivity contribution in [2.24, 2.45) is 0 Å². The number of hydrogen-bond acceptors (Lipinski definition) is 6. The van der Waals surface area contributed by atoms with Crippen molar-refractivity contribution in [1.82, 2.24) is 9.80 Å². The second kappa shape index (κ2) is 9.02. The second-order valence-electron chi connectivity index (χ2n) is 6.71. The highest BCUT2D eigenvalue weighted by Gasteiger charge is 2.25. The molecule has 0 bridgehead atoms. The van der Waals surface area contributed by atoms with Crippen LogP contribution in [0.2, 0.25) is 5.02 Å². The number of amides is 1. The van der Waals surface area contributed by atoms with Gasteiger partial charge in [0, 0.05) is 55.4 Å². The van der Waals surface area contributed by atoms with Gasteiger partial charge in [0.25, 0.3) is 11.6 Å². The molecule has 3 rings (SSSR count). The van der Waals surface area contributed by atoms with E-state index in [1.165, 1.54) is 19.2 Å². The molecule has 1 aliphatic rings. The molecule has 0 saturated carbocycles. The molecule has 1 heterocycles. The molecule has 152 valence electrons. The van der Waals surface area contributed by atoms with Gasteiger partial charge in [0.1, 0.15) is 0 Å². The summed E-state index contributed by atoms with van der Waals surface area (Å²) in [4.78, 5) is 39.0. The van der Waals surface area contributed by atoms with Gasteiger partial charge in [-0.3, -0.25) is 19.8 Å². The standard InChI is InChI=1S/C20H20ClN3O5/c1-29-20(26)16-10-15(11-18(12-16)24(27)28)19(25)23-8-6-22(7-9-23)13-14-2-4-17(21)5-3-14/h2-5,10-12H,6-9,13H2,1H3. The van der Waals surface area contributed by atoms with Crippen LogP contribution in [-0.4, -0.2) is 59.9 Å². The number of methoxy groups -OCH3 is 1. The number of nitro groups is 1. The van der Waals surface area contributed by atoms with Crippen molar-refractivity contribution in [3.63, 3.8) is 0 Å². The van der Waals surface area contributed by atoms with Gasteiger partial charge in [-0.2, -0.15) is 0 Å². The van der Waals surface area contributed by atoms with Crippen molar-refractivity contribution in [3.8, 4) is 0 Å². The topological polar surface area (TPSA) is 93.0 Å². The Labute approximate surface area is 172 Å². The number of piperazine rings is 1. The SMILES string of the molecule is COC(=O)c1cc(C(=O)N2CCN(Cc3ccc(Cl)cc3)CC2)cc([N+](=O)[O-])c1. The fourth-order valence-corrected chi connectivity index (χ4v) is 3.34. The summed E-state index contributed by atoms with van der Waals surface area (Å²) in [7, 11) is 1.18. The first-order valence-electron chi connectivity index (χ1n) is 9.01. The third-order valence-electron chi connectivity index (χ3n) is 4.78. The molecule has 29 heavy (non-hydrogen) atoms. The minimum atomic E-state index is -0.726. The zero-order chi connectivity index (χ0) is 21.0. The van der Waals surface area contributed by atoms with Crippen molar-refractivity contribution < 1.29 is 19.2 Å². The van der Waals surface area contributed by atoms with Crippen LogP contribution in [0.4, 0.5) is 5.69 Å². The van der Waals surface area contributed by atoms with Crippen LogP contribution in [0, 0.1) is 10.1 Å². The third kappa shape index (κ3) is 5.10. The predicted octanol–water partition coefficient (Wildman–Crippen LogP) is 2.99. The second-order valence-corrected chi connectivity index (χ2v) is 7.15. The Morgan fingerprint density at radius 2 is 1.69 bits per heavy atom. The third-order valence-corrected chi connectivity index (χ3v) is 5.03. The molecule has 1 amide bonds. The highest BCUT2D eigenvalue weighted by molar-refractivity contribution is 6.30. The van der Waals surface area contributed by atoms with E-state index in [0.29, 0.717) is 31.2 Å². The molecule has 9 heteroatoms. The molecule has 0 unspecified atom stereocenters. The first kappa shape index (κ1) is 20.8. The van der Waals surface area contributed by atoms with Crippen LogP contribution in [0.5, 0.6) is 0 Å². The van der Waals surface area contributed by atoms with Gasteiger partial charge in [-0.05, 0) is 23.8 Å². The van der Waals surface area contributed by atoms with Crippen LogP contribution in [-0.2, 0) is 11.3 Å². The van der Waals surface area contributed by atoms with Crippen molar-refractivity contribution in [2.75, 3.05) is 33.3 Å². The first-order valence-corrected chi connectivity index (χ1v) is 9.39. The van der Waals surface area contributed by atoms with E-state index < -0.39 is 10.9 Å². The lowest BCUT2D eigenvalue weighted by molar-refractivity contribution is -0.384. The molecule has 1 saturated heterocycles. The normalized spacial score (nSPS) is 14.5. The number of rotatable bonds is 5. The molecule has 8 nitrogen and oxygen atoms in total. The maximum Gasteiger partial charge on any atom is 0.338 e. The number of nitro benzene ring substituents is 1. The summed E-state index contributed by atoms with van der Waals surface area (Å²) < 4.78 is 4.63. The van der Waals surface area contributed by atoms with Crippen LogP contribution in [0.3, 0.4) is 0 Å².